The first-order valence-corrected chi connectivity index (χ1v) is 8.75. The molecule has 0 aliphatic heterocycles. The SMILES string of the molecule is COc1ccc(-c2nsc(C(F)(F)F)c2COS(C)(=O)=O)cc1. The van der Waals surface area contributed by atoms with Gasteiger partial charge in [0.2, 0.25) is 0 Å². The number of nitrogens with zero attached hydrogens (tertiary/aromatic N) is 1. The number of benzene rings is 1. The molecule has 2 rings (SSSR count). The van der Waals surface area contributed by atoms with E-state index in [1.165, 1.54) is 19.2 Å². The maximum Gasteiger partial charge on any atom is 0.427 e. The standard InChI is InChI=1S/C13H12F3NO4S2/c1-20-9-5-3-8(4-6-9)11-10(7-21-23(2,18)19)12(22-17-11)13(14,15)16/h3-6H,7H2,1-2H3. The number of hydrogen-bond acceptors (Lipinski definition) is 6. The molecule has 0 aliphatic carbocycles. The molecular weight excluding hydrogens is 355 g/mol. The molecule has 10 heteroatoms. The zero-order valence-electron chi connectivity index (χ0n) is 12.0. The van der Waals surface area contributed by atoms with Crippen LogP contribution in [0, 0.1) is 0 Å². The van der Waals surface area contributed by atoms with Gasteiger partial charge in [-0.05, 0) is 35.8 Å². The number of alkyl halides is 3. The van der Waals surface area contributed by atoms with Crippen LogP contribution in [0.5, 0.6) is 5.75 Å². The molecule has 126 valence electrons. The van der Waals surface area contributed by atoms with Crippen LogP contribution >= 0.6 is 11.5 Å². The van der Waals surface area contributed by atoms with Gasteiger partial charge in [-0.3, -0.25) is 4.18 Å². The number of ether oxygens (including phenoxy) is 1. The average molecular weight is 367 g/mol. The molecule has 0 bridgehead atoms. The Balaban J connectivity index is 2.47. The Hall–Kier alpha value is -1.65. The average Bonchev–Trinajstić information content (AvgIpc) is 2.88. The molecule has 0 fully saturated rings. The summed E-state index contributed by atoms with van der Waals surface area (Å²) < 4.78 is 74.7. The topological polar surface area (TPSA) is 65.5 Å². The fourth-order valence-electron chi connectivity index (χ4n) is 1.81. The summed E-state index contributed by atoms with van der Waals surface area (Å²) in [7, 11) is -2.42. The van der Waals surface area contributed by atoms with Crippen LogP contribution < -0.4 is 4.74 Å². The fourth-order valence-corrected chi connectivity index (χ4v) is 2.91. The summed E-state index contributed by atoms with van der Waals surface area (Å²) in [5.41, 5.74) is 0.136. The zero-order chi connectivity index (χ0) is 17.3. The zero-order valence-corrected chi connectivity index (χ0v) is 13.7. The van der Waals surface area contributed by atoms with Crippen molar-refractivity contribution in [2.75, 3.05) is 13.4 Å². The lowest BCUT2D eigenvalue weighted by Gasteiger charge is -2.09. The van der Waals surface area contributed by atoms with Gasteiger partial charge in [0.05, 0.1) is 25.7 Å². The van der Waals surface area contributed by atoms with E-state index in [2.05, 4.69) is 8.56 Å². The van der Waals surface area contributed by atoms with E-state index < -0.39 is 27.8 Å². The molecule has 0 unspecified atom stereocenters. The third kappa shape index (κ3) is 4.43. The van der Waals surface area contributed by atoms with Crippen molar-refractivity contribution in [3.63, 3.8) is 0 Å². The van der Waals surface area contributed by atoms with E-state index in [-0.39, 0.29) is 22.8 Å². The van der Waals surface area contributed by atoms with Gasteiger partial charge in [-0.15, -0.1) is 0 Å². The quantitative estimate of drug-likeness (QED) is 0.759. The lowest BCUT2D eigenvalue weighted by Crippen LogP contribution is -2.09. The Kier molecular flexibility index (Phi) is 4.97. The molecule has 5 nitrogen and oxygen atoms in total. The summed E-state index contributed by atoms with van der Waals surface area (Å²) in [6.07, 6.45) is -3.87. The van der Waals surface area contributed by atoms with E-state index in [0.717, 1.165) is 6.26 Å². The second-order valence-corrected chi connectivity index (χ2v) is 6.95. The third-order valence-corrected chi connectivity index (χ3v) is 4.31. The minimum atomic E-state index is -4.64. The highest BCUT2D eigenvalue weighted by atomic mass is 32.2. The molecule has 1 aromatic carbocycles. The van der Waals surface area contributed by atoms with Crippen molar-refractivity contribution in [1.82, 2.24) is 4.37 Å². The number of rotatable bonds is 5. The second-order valence-electron chi connectivity index (χ2n) is 4.53. The molecule has 1 aromatic heterocycles. The summed E-state index contributed by atoms with van der Waals surface area (Å²) >= 11 is 0.257. The Labute approximate surface area is 135 Å². The molecule has 0 saturated heterocycles. The van der Waals surface area contributed by atoms with Crippen molar-refractivity contribution in [2.45, 2.75) is 12.8 Å². The van der Waals surface area contributed by atoms with Crippen LogP contribution in [0.1, 0.15) is 10.4 Å². The van der Waals surface area contributed by atoms with Gasteiger partial charge in [0.1, 0.15) is 10.6 Å². The first-order chi connectivity index (χ1) is 10.6. The molecule has 23 heavy (non-hydrogen) atoms. The summed E-state index contributed by atoms with van der Waals surface area (Å²) in [5, 5.41) is 0. The molecule has 0 saturated carbocycles. The van der Waals surface area contributed by atoms with Crippen LogP contribution in [0.4, 0.5) is 13.2 Å². The maximum absolute atomic E-state index is 13.1. The van der Waals surface area contributed by atoms with Gasteiger partial charge in [-0.25, -0.2) is 0 Å². The second kappa shape index (κ2) is 6.46. The van der Waals surface area contributed by atoms with Crippen molar-refractivity contribution < 1.29 is 30.5 Å². The first-order valence-electron chi connectivity index (χ1n) is 6.16. The molecule has 0 atom stereocenters. The summed E-state index contributed by atoms with van der Waals surface area (Å²) in [5.74, 6) is 0.536. The van der Waals surface area contributed by atoms with Crippen molar-refractivity contribution in [1.29, 1.82) is 0 Å². The van der Waals surface area contributed by atoms with Gasteiger partial charge < -0.3 is 4.74 Å². The molecule has 0 spiro atoms. The number of hydrogen-bond donors (Lipinski definition) is 0. The van der Waals surface area contributed by atoms with Gasteiger partial charge in [0, 0.05) is 11.1 Å². The molecule has 0 amide bonds. The van der Waals surface area contributed by atoms with Crippen molar-refractivity contribution >= 4 is 21.7 Å². The first kappa shape index (κ1) is 17.7. The Bertz CT molecular complexity index is 783. The Morgan fingerprint density at radius 1 is 1.22 bits per heavy atom. The van der Waals surface area contributed by atoms with Crippen LogP contribution in [0.15, 0.2) is 24.3 Å². The molecular formula is C13H12F3NO4S2. The maximum atomic E-state index is 13.1. The van der Waals surface area contributed by atoms with Crippen molar-refractivity contribution in [3.05, 3.63) is 34.7 Å². The minimum absolute atomic E-state index is 0.0358. The Morgan fingerprint density at radius 3 is 2.30 bits per heavy atom. The van der Waals surface area contributed by atoms with Gasteiger partial charge in [0.25, 0.3) is 10.1 Å². The third-order valence-electron chi connectivity index (χ3n) is 2.83. The number of methoxy groups -OCH3 is 1. The predicted octanol–water partition coefficient (Wildman–Crippen LogP) is 3.31. The van der Waals surface area contributed by atoms with Gasteiger partial charge in [0.15, 0.2) is 0 Å². The van der Waals surface area contributed by atoms with E-state index in [4.69, 9.17) is 4.74 Å². The highest BCUT2D eigenvalue weighted by molar-refractivity contribution is 7.85. The molecule has 2 aromatic rings. The van der Waals surface area contributed by atoms with E-state index in [0.29, 0.717) is 11.3 Å². The fraction of sp³-hybridized carbons (Fsp3) is 0.308. The summed E-state index contributed by atoms with van der Waals surface area (Å²) in [6, 6.07) is 6.22. The highest BCUT2D eigenvalue weighted by Crippen LogP contribution is 2.40. The largest absolute Gasteiger partial charge is 0.497 e. The lowest BCUT2D eigenvalue weighted by atomic mass is 10.1. The predicted molar refractivity (Wildman–Crippen MR) is 78.7 cm³/mol. The Morgan fingerprint density at radius 2 is 1.83 bits per heavy atom. The van der Waals surface area contributed by atoms with Crippen LogP contribution in [-0.4, -0.2) is 26.2 Å². The highest BCUT2D eigenvalue weighted by Gasteiger charge is 2.38. The normalized spacial score (nSPS) is 12.4. The summed E-state index contributed by atoms with van der Waals surface area (Å²) in [4.78, 5) is -0.980. The number of halogens is 3. The van der Waals surface area contributed by atoms with Gasteiger partial charge in [-0.2, -0.15) is 26.0 Å². The monoisotopic (exact) mass is 367 g/mol. The minimum Gasteiger partial charge on any atom is -0.497 e. The molecule has 1 heterocycles. The molecule has 0 radical (unpaired) electrons. The van der Waals surface area contributed by atoms with Crippen LogP contribution in [0.25, 0.3) is 11.3 Å². The van der Waals surface area contributed by atoms with E-state index in [9.17, 15) is 21.6 Å². The number of aromatic nitrogens is 1. The van der Waals surface area contributed by atoms with E-state index >= 15 is 0 Å². The van der Waals surface area contributed by atoms with Gasteiger partial charge in [-0.1, -0.05) is 0 Å². The van der Waals surface area contributed by atoms with Crippen LogP contribution in [0.2, 0.25) is 0 Å². The van der Waals surface area contributed by atoms with Crippen LogP contribution in [-0.2, 0) is 27.1 Å². The van der Waals surface area contributed by atoms with E-state index in [1.807, 2.05) is 0 Å². The molecule has 0 aliphatic rings. The lowest BCUT2D eigenvalue weighted by molar-refractivity contribution is -0.135. The molecule has 0 N–H and O–H groups in total. The van der Waals surface area contributed by atoms with Gasteiger partial charge >= 0.3 is 6.18 Å². The smallest absolute Gasteiger partial charge is 0.427 e. The van der Waals surface area contributed by atoms with E-state index in [1.54, 1.807) is 12.1 Å². The van der Waals surface area contributed by atoms with Crippen LogP contribution in [0.3, 0.4) is 0 Å². The summed E-state index contributed by atoms with van der Waals surface area (Å²) in [6.45, 7) is -0.731. The van der Waals surface area contributed by atoms with Crippen molar-refractivity contribution in [2.24, 2.45) is 0 Å². The van der Waals surface area contributed by atoms with Crippen molar-refractivity contribution in [3.8, 4) is 17.0 Å².